The maximum Gasteiger partial charge on any atom is 0.161 e. The molecule has 1 heterocycles. The van der Waals surface area contributed by atoms with Crippen molar-refractivity contribution >= 4 is 15.9 Å². The Bertz CT molecular complexity index is 433. The maximum absolute atomic E-state index is 5.48. The fourth-order valence-corrected chi connectivity index (χ4v) is 2.91. The second-order valence-electron chi connectivity index (χ2n) is 4.75. The predicted molar refractivity (Wildman–Crippen MR) is 74.6 cm³/mol. The first-order chi connectivity index (χ1) is 8.56. The Labute approximate surface area is 117 Å². The predicted octanol–water partition coefficient (Wildman–Crippen LogP) is 3.75. The molecule has 1 aliphatic rings. The number of benzene rings is 1. The van der Waals surface area contributed by atoms with E-state index in [9.17, 15) is 0 Å². The van der Waals surface area contributed by atoms with Gasteiger partial charge >= 0.3 is 0 Å². The first-order valence-corrected chi connectivity index (χ1v) is 6.93. The smallest absolute Gasteiger partial charge is 0.161 e. The minimum absolute atomic E-state index is 0.403. The largest absolute Gasteiger partial charge is 0.493 e. The third-order valence-corrected chi connectivity index (χ3v) is 4.14. The normalized spacial score (nSPS) is 23.6. The molecule has 0 saturated carbocycles. The molecular formula is C14H19BrO3. The highest BCUT2D eigenvalue weighted by Gasteiger charge is 2.35. The number of hydrogen-bond acceptors (Lipinski definition) is 3. The van der Waals surface area contributed by atoms with Crippen LogP contribution in [0.15, 0.2) is 16.6 Å². The van der Waals surface area contributed by atoms with Crippen molar-refractivity contribution in [3.63, 3.8) is 0 Å². The van der Waals surface area contributed by atoms with Crippen molar-refractivity contribution in [2.45, 2.75) is 38.4 Å². The Hall–Kier alpha value is -0.740. The van der Waals surface area contributed by atoms with E-state index in [1.54, 1.807) is 14.2 Å². The van der Waals surface area contributed by atoms with Gasteiger partial charge in [-0.3, -0.25) is 0 Å². The minimum Gasteiger partial charge on any atom is -0.493 e. The van der Waals surface area contributed by atoms with Crippen LogP contribution in [0.4, 0.5) is 0 Å². The molecule has 18 heavy (non-hydrogen) atoms. The highest BCUT2D eigenvalue weighted by atomic mass is 79.9. The van der Waals surface area contributed by atoms with Gasteiger partial charge in [0.05, 0.1) is 26.4 Å². The van der Waals surface area contributed by atoms with E-state index >= 15 is 0 Å². The summed E-state index contributed by atoms with van der Waals surface area (Å²) in [7, 11) is 3.30. The molecule has 3 nitrogen and oxygen atoms in total. The van der Waals surface area contributed by atoms with Gasteiger partial charge < -0.3 is 14.2 Å². The molecule has 0 aliphatic carbocycles. The molecule has 100 valence electrons. The summed E-state index contributed by atoms with van der Waals surface area (Å²) in [6.45, 7) is 4.32. The lowest BCUT2D eigenvalue weighted by molar-refractivity contribution is 0.351. The molecule has 3 unspecified atom stereocenters. The van der Waals surface area contributed by atoms with Crippen molar-refractivity contribution in [1.29, 1.82) is 0 Å². The summed E-state index contributed by atoms with van der Waals surface area (Å²) in [5.41, 5.74) is 1.23. The van der Waals surface area contributed by atoms with Crippen LogP contribution in [0.2, 0.25) is 0 Å². The van der Waals surface area contributed by atoms with E-state index in [0.717, 1.165) is 22.4 Å². The quantitative estimate of drug-likeness (QED) is 0.776. The van der Waals surface area contributed by atoms with Crippen molar-refractivity contribution in [2.75, 3.05) is 14.2 Å². The van der Waals surface area contributed by atoms with Crippen LogP contribution in [-0.4, -0.2) is 26.4 Å². The summed E-state index contributed by atoms with van der Waals surface area (Å²) in [5.74, 6) is 1.94. The van der Waals surface area contributed by atoms with Crippen molar-refractivity contribution in [3.8, 4) is 11.5 Å². The summed E-state index contributed by atoms with van der Waals surface area (Å²) < 4.78 is 17.2. The first-order valence-electron chi connectivity index (χ1n) is 6.13. The average Bonchev–Trinajstić information content (AvgIpc) is 3.04. The highest BCUT2D eigenvalue weighted by molar-refractivity contribution is 9.10. The van der Waals surface area contributed by atoms with E-state index in [-0.39, 0.29) is 0 Å². The zero-order valence-corrected chi connectivity index (χ0v) is 12.8. The van der Waals surface area contributed by atoms with Gasteiger partial charge in [0.2, 0.25) is 0 Å². The van der Waals surface area contributed by atoms with Crippen LogP contribution < -0.4 is 9.47 Å². The molecule has 4 heteroatoms. The van der Waals surface area contributed by atoms with Crippen LogP contribution >= 0.6 is 15.9 Å². The van der Waals surface area contributed by atoms with Crippen molar-refractivity contribution in [2.24, 2.45) is 0 Å². The molecule has 0 bridgehead atoms. The lowest BCUT2D eigenvalue weighted by Gasteiger charge is -2.16. The Morgan fingerprint density at radius 2 is 1.83 bits per heavy atom. The average molecular weight is 315 g/mol. The third kappa shape index (κ3) is 2.81. The minimum atomic E-state index is 0.403. The van der Waals surface area contributed by atoms with Crippen molar-refractivity contribution in [1.82, 2.24) is 0 Å². The second-order valence-corrected chi connectivity index (χ2v) is 5.60. The van der Waals surface area contributed by atoms with Gasteiger partial charge in [-0.05, 0) is 37.0 Å². The molecule has 0 spiro atoms. The van der Waals surface area contributed by atoms with E-state index in [1.807, 2.05) is 12.1 Å². The Morgan fingerprint density at radius 3 is 2.33 bits per heavy atom. The molecule has 0 amide bonds. The number of ether oxygens (including phenoxy) is 3. The fraction of sp³-hybridized carbons (Fsp3) is 0.571. The molecule has 0 radical (unpaired) electrons. The van der Waals surface area contributed by atoms with E-state index in [4.69, 9.17) is 14.2 Å². The van der Waals surface area contributed by atoms with Crippen molar-refractivity contribution in [3.05, 3.63) is 22.2 Å². The SMILES string of the molecule is COc1cc(Br)c(C(C)CC2OC2C)cc1OC. The number of halogens is 1. The van der Waals surface area contributed by atoms with E-state index < -0.39 is 0 Å². The van der Waals surface area contributed by atoms with E-state index in [1.165, 1.54) is 5.56 Å². The van der Waals surface area contributed by atoms with Crippen LogP contribution in [0.5, 0.6) is 11.5 Å². The fourth-order valence-electron chi connectivity index (χ4n) is 2.20. The van der Waals surface area contributed by atoms with Gasteiger partial charge in [0.25, 0.3) is 0 Å². The van der Waals surface area contributed by atoms with Gasteiger partial charge in [0.1, 0.15) is 0 Å². The third-order valence-electron chi connectivity index (χ3n) is 3.46. The lowest BCUT2D eigenvalue weighted by atomic mass is 9.95. The molecule has 0 N–H and O–H groups in total. The molecule has 1 aromatic carbocycles. The van der Waals surface area contributed by atoms with Gasteiger partial charge in [-0.2, -0.15) is 0 Å². The zero-order chi connectivity index (χ0) is 13.3. The number of hydrogen-bond donors (Lipinski definition) is 0. The van der Waals surface area contributed by atoms with Gasteiger partial charge in [-0.1, -0.05) is 22.9 Å². The molecule has 1 saturated heterocycles. The number of epoxide rings is 1. The number of methoxy groups -OCH3 is 2. The van der Waals surface area contributed by atoms with Crippen molar-refractivity contribution < 1.29 is 14.2 Å². The monoisotopic (exact) mass is 314 g/mol. The summed E-state index contributed by atoms with van der Waals surface area (Å²) in [6, 6.07) is 4.00. The van der Waals surface area contributed by atoms with Crippen LogP contribution in [0.25, 0.3) is 0 Å². The molecule has 1 fully saturated rings. The standard InChI is InChI=1S/C14H19BrO3/c1-8(5-12-9(2)18-12)10-6-13(16-3)14(17-4)7-11(10)15/h6-9,12H,5H2,1-4H3. The summed E-state index contributed by atoms with van der Waals surface area (Å²) in [6.07, 6.45) is 1.85. The van der Waals surface area contributed by atoms with Gasteiger partial charge in [-0.25, -0.2) is 0 Å². The number of rotatable bonds is 5. The van der Waals surface area contributed by atoms with Crippen LogP contribution in [0.1, 0.15) is 31.7 Å². The summed E-state index contributed by atoms with van der Waals surface area (Å²) in [4.78, 5) is 0. The van der Waals surface area contributed by atoms with Gasteiger partial charge in [0.15, 0.2) is 11.5 Å². The Kier molecular flexibility index (Phi) is 4.17. The highest BCUT2D eigenvalue weighted by Crippen LogP contribution is 2.40. The van der Waals surface area contributed by atoms with Gasteiger partial charge in [-0.15, -0.1) is 0 Å². The van der Waals surface area contributed by atoms with E-state index in [0.29, 0.717) is 18.1 Å². The van der Waals surface area contributed by atoms with Crippen LogP contribution in [0.3, 0.4) is 0 Å². The molecule has 0 aromatic heterocycles. The Balaban J connectivity index is 2.20. The maximum atomic E-state index is 5.48. The zero-order valence-electron chi connectivity index (χ0n) is 11.2. The topological polar surface area (TPSA) is 31.0 Å². The second kappa shape index (κ2) is 5.49. The molecule has 1 aliphatic heterocycles. The lowest BCUT2D eigenvalue weighted by Crippen LogP contribution is -2.02. The summed E-state index contributed by atoms with van der Waals surface area (Å²) >= 11 is 3.60. The van der Waals surface area contributed by atoms with Crippen LogP contribution in [-0.2, 0) is 4.74 Å². The first kappa shape index (κ1) is 13.7. The van der Waals surface area contributed by atoms with Crippen LogP contribution in [0, 0.1) is 0 Å². The molecular weight excluding hydrogens is 296 g/mol. The summed E-state index contributed by atoms with van der Waals surface area (Å²) in [5, 5.41) is 0. The molecule has 3 atom stereocenters. The molecule has 2 rings (SSSR count). The Morgan fingerprint density at radius 1 is 1.28 bits per heavy atom. The molecule has 1 aromatic rings. The van der Waals surface area contributed by atoms with Gasteiger partial charge in [0, 0.05) is 4.47 Å². The van der Waals surface area contributed by atoms with E-state index in [2.05, 4.69) is 29.8 Å².